The number of nitrogens with one attached hydrogen (secondary N) is 2. The van der Waals surface area contributed by atoms with Crippen molar-refractivity contribution in [3.8, 4) is 11.4 Å². The molecule has 0 spiro atoms. The first-order valence-electron chi connectivity index (χ1n) is 7.13. The smallest absolute Gasteiger partial charge is 0.244 e. The molecule has 0 unspecified atom stereocenters. The SMILES string of the molecule is COCCNc1ncccc1-c1noc([C@H]2CCCN2)n1. The van der Waals surface area contributed by atoms with E-state index >= 15 is 0 Å². The number of pyridine rings is 1. The third kappa shape index (κ3) is 3.20. The zero-order valence-corrected chi connectivity index (χ0v) is 12.0. The second-order valence-electron chi connectivity index (χ2n) is 4.92. The highest BCUT2D eigenvalue weighted by Gasteiger charge is 2.23. The molecule has 1 fully saturated rings. The molecule has 1 saturated heterocycles. The average molecular weight is 289 g/mol. The van der Waals surface area contributed by atoms with Gasteiger partial charge in [-0.2, -0.15) is 4.98 Å². The molecule has 1 aliphatic rings. The van der Waals surface area contributed by atoms with Crippen LogP contribution >= 0.6 is 0 Å². The predicted octanol–water partition coefficient (Wildman–Crippen LogP) is 1.61. The van der Waals surface area contributed by atoms with Gasteiger partial charge in [-0.25, -0.2) is 4.98 Å². The molecule has 1 aliphatic heterocycles. The van der Waals surface area contributed by atoms with Crippen LogP contribution in [0, 0.1) is 0 Å². The lowest BCUT2D eigenvalue weighted by Crippen LogP contribution is -2.13. The molecule has 2 N–H and O–H groups in total. The minimum Gasteiger partial charge on any atom is -0.383 e. The van der Waals surface area contributed by atoms with E-state index in [1.54, 1.807) is 13.3 Å². The van der Waals surface area contributed by atoms with E-state index in [-0.39, 0.29) is 6.04 Å². The molecule has 0 saturated carbocycles. The molecule has 0 radical (unpaired) electrons. The Morgan fingerprint density at radius 1 is 1.52 bits per heavy atom. The lowest BCUT2D eigenvalue weighted by atomic mass is 10.2. The number of anilines is 1. The van der Waals surface area contributed by atoms with Crippen LogP contribution in [0.4, 0.5) is 5.82 Å². The molecule has 21 heavy (non-hydrogen) atoms. The molecule has 0 bridgehead atoms. The lowest BCUT2D eigenvalue weighted by molar-refractivity contribution is 0.210. The van der Waals surface area contributed by atoms with Crippen LogP contribution in [0.25, 0.3) is 11.4 Å². The molecule has 0 aliphatic carbocycles. The Morgan fingerprint density at radius 3 is 3.29 bits per heavy atom. The quantitative estimate of drug-likeness (QED) is 0.781. The van der Waals surface area contributed by atoms with Gasteiger partial charge in [-0.05, 0) is 31.5 Å². The van der Waals surface area contributed by atoms with Crippen LogP contribution in [0.1, 0.15) is 24.8 Å². The van der Waals surface area contributed by atoms with Gasteiger partial charge in [0.15, 0.2) is 0 Å². The van der Waals surface area contributed by atoms with E-state index in [2.05, 4.69) is 25.8 Å². The monoisotopic (exact) mass is 289 g/mol. The molecular formula is C14H19N5O2. The molecule has 0 aromatic carbocycles. The van der Waals surface area contributed by atoms with E-state index in [4.69, 9.17) is 9.26 Å². The maximum Gasteiger partial charge on any atom is 0.244 e. The fraction of sp³-hybridized carbons (Fsp3) is 0.500. The summed E-state index contributed by atoms with van der Waals surface area (Å²) in [6.45, 7) is 2.29. The number of aromatic nitrogens is 3. The van der Waals surface area contributed by atoms with Crippen LogP contribution in [0.5, 0.6) is 0 Å². The Labute approximate surface area is 123 Å². The van der Waals surface area contributed by atoms with Crippen molar-refractivity contribution in [2.45, 2.75) is 18.9 Å². The minimum absolute atomic E-state index is 0.174. The third-order valence-corrected chi connectivity index (χ3v) is 3.45. The molecule has 1 atom stereocenters. The molecule has 7 nitrogen and oxygen atoms in total. The molecule has 0 amide bonds. The molecule has 2 aromatic rings. The summed E-state index contributed by atoms with van der Waals surface area (Å²) in [4.78, 5) is 8.83. The lowest BCUT2D eigenvalue weighted by Gasteiger charge is -2.07. The number of nitrogens with zero attached hydrogens (tertiary/aromatic N) is 3. The Hall–Kier alpha value is -1.99. The maximum atomic E-state index is 5.38. The van der Waals surface area contributed by atoms with E-state index < -0.39 is 0 Å². The predicted molar refractivity (Wildman–Crippen MR) is 77.9 cm³/mol. The van der Waals surface area contributed by atoms with E-state index in [0.29, 0.717) is 24.9 Å². The molecule has 112 valence electrons. The summed E-state index contributed by atoms with van der Waals surface area (Å²) in [7, 11) is 1.67. The van der Waals surface area contributed by atoms with Crippen molar-refractivity contribution in [1.82, 2.24) is 20.4 Å². The Balaban J connectivity index is 1.79. The van der Waals surface area contributed by atoms with Crippen LogP contribution in [0.15, 0.2) is 22.9 Å². The van der Waals surface area contributed by atoms with Crippen molar-refractivity contribution < 1.29 is 9.26 Å². The summed E-state index contributed by atoms with van der Waals surface area (Å²) in [6.07, 6.45) is 3.91. The number of hydrogen-bond donors (Lipinski definition) is 2. The van der Waals surface area contributed by atoms with Crippen LogP contribution in [-0.4, -0.2) is 41.9 Å². The molecule has 3 heterocycles. The van der Waals surface area contributed by atoms with Gasteiger partial charge in [-0.1, -0.05) is 5.16 Å². The Morgan fingerprint density at radius 2 is 2.48 bits per heavy atom. The molecule has 7 heteroatoms. The van der Waals surface area contributed by atoms with Crippen LogP contribution in [0.2, 0.25) is 0 Å². The van der Waals surface area contributed by atoms with Gasteiger partial charge in [-0.15, -0.1) is 0 Å². The van der Waals surface area contributed by atoms with Crippen molar-refractivity contribution in [1.29, 1.82) is 0 Å². The normalized spacial score (nSPS) is 18.0. The van der Waals surface area contributed by atoms with Gasteiger partial charge in [0.25, 0.3) is 0 Å². The minimum atomic E-state index is 0.174. The van der Waals surface area contributed by atoms with E-state index in [1.807, 2.05) is 12.1 Å². The van der Waals surface area contributed by atoms with Gasteiger partial charge < -0.3 is 19.9 Å². The van der Waals surface area contributed by atoms with E-state index in [1.165, 1.54) is 0 Å². The first kappa shape index (κ1) is 14.0. The summed E-state index contributed by atoms with van der Waals surface area (Å²) in [5.41, 5.74) is 0.835. The molecule has 2 aromatic heterocycles. The van der Waals surface area contributed by atoms with Gasteiger partial charge in [-0.3, -0.25) is 0 Å². The highest BCUT2D eigenvalue weighted by molar-refractivity contribution is 5.69. The second-order valence-corrected chi connectivity index (χ2v) is 4.92. The van der Waals surface area contributed by atoms with Crippen molar-refractivity contribution in [2.24, 2.45) is 0 Å². The highest BCUT2D eigenvalue weighted by atomic mass is 16.5. The molecule has 3 rings (SSSR count). The number of ether oxygens (including phenoxy) is 1. The topological polar surface area (TPSA) is 85.1 Å². The van der Waals surface area contributed by atoms with Crippen molar-refractivity contribution in [3.05, 3.63) is 24.2 Å². The highest BCUT2D eigenvalue weighted by Crippen LogP contribution is 2.27. The van der Waals surface area contributed by atoms with Gasteiger partial charge in [0.1, 0.15) is 5.82 Å². The second kappa shape index (κ2) is 6.64. The maximum absolute atomic E-state index is 5.38. The zero-order chi connectivity index (χ0) is 14.5. The standard InChI is InChI=1S/C14H19N5O2/c1-20-9-8-17-12-10(4-2-7-16-12)13-18-14(21-19-13)11-5-3-6-15-11/h2,4,7,11,15H,3,5-6,8-9H2,1H3,(H,16,17)/t11-/m1/s1. The largest absolute Gasteiger partial charge is 0.383 e. The average Bonchev–Trinajstić information content (AvgIpc) is 3.19. The van der Waals surface area contributed by atoms with Crippen LogP contribution in [-0.2, 0) is 4.74 Å². The van der Waals surface area contributed by atoms with Crippen molar-refractivity contribution >= 4 is 5.82 Å². The van der Waals surface area contributed by atoms with Gasteiger partial charge in [0.2, 0.25) is 11.7 Å². The fourth-order valence-electron chi connectivity index (χ4n) is 2.38. The summed E-state index contributed by atoms with van der Waals surface area (Å²) in [5.74, 6) is 1.95. The Bertz CT molecular complexity index is 580. The number of methoxy groups -OCH3 is 1. The Kier molecular flexibility index (Phi) is 4.42. The zero-order valence-electron chi connectivity index (χ0n) is 12.0. The van der Waals surface area contributed by atoms with Gasteiger partial charge in [0.05, 0.1) is 18.2 Å². The van der Waals surface area contributed by atoms with E-state index in [9.17, 15) is 0 Å². The third-order valence-electron chi connectivity index (χ3n) is 3.45. The van der Waals surface area contributed by atoms with Crippen LogP contribution in [0.3, 0.4) is 0 Å². The van der Waals surface area contributed by atoms with Gasteiger partial charge >= 0.3 is 0 Å². The summed E-state index contributed by atoms with van der Waals surface area (Å²) < 4.78 is 10.4. The number of hydrogen-bond acceptors (Lipinski definition) is 7. The summed E-state index contributed by atoms with van der Waals surface area (Å²) in [5, 5.41) is 10.7. The van der Waals surface area contributed by atoms with Crippen molar-refractivity contribution in [2.75, 3.05) is 32.1 Å². The number of rotatable bonds is 6. The van der Waals surface area contributed by atoms with E-state index in [0.717, 1.165) is 30.8 Å². The van der Waals surface area contributed by atoms with Crippen molar-refractivity contribution in [3.63, 3.8) is 0 Å². The van der Waals surface area contributed by atoms with Gasteiger partial charge in [0, 0.05) is 19.9 Å². The first-order valence-corrected chi connectivity index (χ1v) is 7.13. The van der Waals surface area contributed by atoms with Crippen LogP contribution < -0.4 is 10.6 Å². The first-order chi connectivity index (χ1) is 10.4. The summed E-state index contributed by atoms with van der Waals surface area (Å²) >= 11 is 0. The summed E-state index contributed by atoms with van der Waals surface area (Å²) in [6, 6.07) is 3.97. The fourth-order valence-corrected chi connectivity index (χ4v) is 2.38. The molecular weight excluding hydrogens is 270 g/mol.